The van der Waals surface area contributed by atoms with Gasteiger partial charge in [-0.3, -0.25) is 0 Å². The van der Waals surface area contributed by atoms with Crippen LogP contribution in [-0.4, -0.2) is 0 Å². The van der Waals surface area contributed by atoms with Crippen LogP contribution in [-0.2, 0) is 6.42 Å². The molecule has 0 aliphatic carbocycles. The number of aryl methyl sites for hydroxylation is 1. The van der Waals surface area contributed by atoms with E-state index in [4.69, 9.17) is 11.6 Å². The van der Waals surface area contributed by atoms with Crippen LogP contribution in [0.25, 0.3) is 0 Å². The van der Waals surface area contributed by atoms with Crippen LogP contribution < -0.4 is 0 Å². The van der Waals surface area contributed by atoms with Gasteiger partial charge in [-0.2, -0.15) is 0 Å². The lowest BCUT2D eigenvalue weighted by molar-refractivity contribution is 0.625. The zero-order valence-electron chi connectivity index (χ0n) is 9.96. The summed E-state index contributed by atoms with van der Waals surface area (Å²) in [5.41, 5.74) is 3.00. The van der Waals surface area contributed by atoms with E-state index in [9.17, 15) is 4.39 Å². The van der Waals surface area contributed by atoms with Crippen LogP contribution in [0.5, 0.6) is 0 Å². The molecule has 2 aromatic rings. The third-order valence-corrected chi connectivity index (χ3v) is 3.82. The van der Waals surface area contributed by atoms with E-state index >= 15 is 0 Å². The Morgan fingerprint density at radius 3 is 2.33 bits per heavy atom. The molecule has 1 unspecified atom stereocenters. The molecule has 0 radical (unpaired) electrons. The third-order valence-electron chi connectivity index (χ3n) is 2.86. The van der Waals surface area contributed by atoms with Gasteiger partial charge in [-0.05, 0) is 41.3 Å². The smallest absolute Gasteiger partial charge is 0.124 e. The van der Waals surface area contributed by atoms with Gasteiger partial charge < -0.3 is 0 Å². The number of benzene rings is 2. The number of hydrogen-bond donors (Lipinski definition) is 0. The minimum atomic E-state index is -0.331. The van der Waals surface area contributed by atoms with Crippen molar-refractivity contribution in [1.29, 1.82) is 0 Å². The molecule has 18 heavy (non-hydrogen) atoms. The molecule has 0 spiro atoms. The van der Waals surface area contributed by atoms with E-state index in [1.165, 1.54) is 17.7 Å². The van der Waals surface area contributed by atoms with E-state index in [-0.39, 0.29) is 11.2 Å². The highest BCUT2D eigenvalue weighted by Crippen LogP contribution is 2.31. The minimum absolute atomic E-state index is 0.282. The standard InChI is InChI=1S/C15H13BrClF/c1-2-10-3-5-11(6-4-10)15(17)12-7-13(16)9-14(18)8-12/h3-9,15H,2H2,1H3. The highest BCUT2D eigenvalue weighted by atomic mass is 79.9. The molecule has 0 aromatic heterocycles. The molecule has 0 saturated heterocycles. The van der Waals surface area contributed by atoms with Crippen molar-refractivity contribution in [2.45, 2.75) is 18.7 Å². The average molecular weight is 328 g/mol. The fourth-order valence-electron chi connectivity index (χ4n) is 1.84. The lowest BCUT2D eigenvalue weighted by Crippen LogP contribution is -1.95. The van der Waals surface area contributed by atoms with Crippen molar-refractivity contribution in [2.24, 2.45) is 0 Å². The monoisotopic (exact) mass is 326 g/mol. The second kappa shape index (κ2) is 5.85. The molecule has 0 fully saturated rings. The van der Waals surface area contributed by atoms with E-state index in [0.29, 0.717) is 4.47 Å². The predicted octanol–water partition coefficient (Wildman–Crippen LogP) is 5.48. The normalized spacial score (nSPS) is 12.4. The van der Waals surface area contributed by atoms with Crippen molar-refractivity contribution in [2.75, 3.05) is 0 Å². The molecule has 0 saturated carbocycles. The average Bonchev–Trinajstić information content (AvgIpc) is 2.37. The van der Waals surface area contributed by atoms with Crippen molar-refractivity contribution < 1.29 is 4.39 Å². The lowest BCUT2D eigenvalue weighted by Gasteiger charge is -2.11. The summed E-state index contributed by atoms with van der Waals surface area (Å²) in [6.07, 6.45) is 0.999. The molecule has 0 amide bonds. The molecule has 2 rings (SSSR count). The van der Waals surface area contributed by atoms with Crippen molar-refractivity contribution >= 4 is 27.5 Å². The Hall–Kier alpha value is -0.860. The predicted molar refractivity (Wildman–Crippen MR) is 77.6 cm³/mol. The van der Waals surface area contributed by atoms with E-state index in [1.807, 2.05) is 18.2 Å². The van der Waals surface area contributed by atoms with Gasteiger partial charge in [-0.25, -0.2) is 4.39 Å². The van der Waals surface area contributed by atoms with Crippen LogP contribution in [0, 0.1) is 5.82 Å². The second-order valence-electron chi connectivity index (χ2n) is 4.16. The Morgan fingerprint density at radius 2 is 1.78 bits per heavy atom. The first kappa shape index (κ1) is 13.6. The fourth-order valence-corrected chi connectivity index (χ4v) is 2.59. The summed E-state index contributed by atoms with van der Waals surface area (Å²) in [7, 11) is 0. The maximum atomic E-state index is 13.3. The van der Waals surface area contributed by atoms with Crippen molar-refractivity contribution in [3.63, 3.8) is 0 Å². The van der Waals surface area contributed by atoms with Crippen LogP contribution in [0.4, 0.5) is 4.39 Å². The van der Waals surface area contributed by atoms with Gasteiger partial charge in [0.1, 0.15) is 5.82 Å². The van der Waals surface area contributed by atoms with Gasteiger partial charge in [0.15, 0.2) is 0 Å². The summed E-state index contributed by atoms with van der Waals surface area (Å²) < 4.78 is 14.0. The van der Waals surface area contributed by atoms with Crippen LogP contribution in [0.1, 0.15) is 29.0 Å². The Kier molecular flexibility index (Phi) is 4.41. The number of hydrogen-bond acceptors (Lipinski definition) is 0. The molecule has 0 N–H and O–H groups in total. The molecule has 2 aromatic carbocycles. The van der Waals surface area contributed by atoms with Crippen LogP contribution in [0.15, 0.2) is 46.9 Å². The Labute approximate surface area is 120 Å². The summed E-state index contributed by atoms with van der Waals surface area (Å²) >= 11 is 9.66. The van der Waals surface area contributed by atoms with Gasteiger partial charge in [0.25, 0.3) is 0 Å². The molecule has 0 aliphatic heterocycles. The van der Waals surface area contributed by atoms with Crippen LogP contribution in [0.3, 0.4) is 0 Å². The van der Waals surface area contributed by atoms with Crippen molar-refractivity contribution in [3.8, 4) is 0 Å². The molecule has 3 heteroatoms. The first-order valence-corrected chi connectivity index (χ1v) is 7.02. The Balaban J connectivity index is 2.31. The molecule has 1 atom stereocenters. The van der Waals surface area contributed by atoms with Gasteiger partial charge >= 0.3 is 0 Å². The van der Waals surface area contributed by atoms with Crippen LogP contribution in [0.2, 0.25) is 0 Å². The number of rotatable bonds is 3. The van der Waals surface area contributed by atoms with Crippen LogP contribution >= 0.6 is 27.5 Å². The summed E-state index contributed by atoms with van der Waals surface area (Å²) in [6, 6.07) is 12.8. The number of alkyl halides is 1. The zero-order valence-corrected chi connectivity index (χ0v) is 12.3. The lowest BCUT2D eigenvalue weighted by atomic mass is 10.0. The maximum absolute atomic E-state index is 13.3. The third kappa shape index (κ3) is 3.12. The van der Waals surface area contributed by atoms with Crippen molar-refractivity contribution in [3.05, 3.63) is 69.4 Å². The summed E-state index contributed by atoms with van der Waals surface area (Å²) in [5, 5.41) is -0.331. The molecule has 0 bridgehead atoms. The van der Waals surface area contributed by atoms with E-state index in [0.717, 1.165) is 17.5 Å². The Bertz CT molecular complexity index is 516. The summed E-state index contributed by atoms with van der Waals surface area (Å²) in [6.45, 7) is 2.11. The minimum Gasteiger partial charge on any atom is -0.207 e. The SMILES string of the molecule is CCc1ccc(C(Cl)c2cc(F)cc(Br)c2)cc1. The first-order valence-electron chi connectivity index (χ1n) is 5.79. The summed E-state index contributed by atoms with van der Waals surface area (Å²) in [4.78, 5) is 0. The Morgan fingerprint density at radius 1 is 1.11 bits per heavy atom. The molecule has 0 heterocycles. The maximum Gasteiger partial charge on any atom is 0.124 e. The van der Waals surface area contributed by atoms with Crippen molar-refractivity contribution in [1.82, 2.24) is 0 Å². The van der Waals surface area contributed by atoms with Gasteiger partial charge in [0.2, 0.25) is 0 Å². The molecule has 0 aliphatic rings. The second-order valence-corrected chi connectivity index (χ2v) is 5.51. The molecule has 0 nitrogen and oxygen atoms in total. The fraction of sp³-hybridized carbons (Fsp3) is 0.200. The molecule has 94 valence electrons. The largest absolute Gasteiger partial charge is 0.207 e. The summed E-state index contributed by atoms with van der Waals surface area (Å²) in [5.74, 6) is -0.282. The zero-order chi connectivity index (χ0) is 13.1. The van der Waals surface area contributed by atoms with Gasteiger partial charge in [0.05, 0.1) is 5.38 Å². The molecular weight excluding hydrogens is 315 g/mol. The highest BCUT2D eigenvalue weighted by Gasteiger charge is 2.12. The van der Waals surface area contributed by atoms with Gasteiger partial charge in [0, 0.05) is 4.47 Å². The number of halogens is 3. The first-order chi connectivity index (χ1) is 8.60. The van der Waals surface area contributed by atoms with E-state index in [1.54, 1.807) is 0 Å². The topological polar surface area (TPSA) is 0 Å². The van der Waals surface area contributed by atoms with E-state index in [2.05, 4.69) is 35.0 Å². The molecular formula is C15H13BrClF. The van der Waals surface area contributed by atoms with Gasteiger partial charge in [-0.1, -0.05) is 47.1 Å². The van der Waals surface area contributed by atoms with Gasteiger partial charge in [-0.15, -0.1) is 11.6 Å². The quantitative estimate of drug-likeness (QED) is 0.655. The van der Waals surface area contributed by atoms with E-state index < -0.39 is 0 Å². The highest BCUT2D eigenvalue weighted by molar-refractivity contribution is 9.10.